The zero-order chi connectivity index (χ0) is 17.3. The van der Waals surface area contributed by atoms with Crippen molar-refractivity contribution in [2.24, 2.45) is 0 Å². The lowest BCUT2D eigenvalue weighted by molar-refractivity contribution is 0.103. The molecule has 0 spiro atoms. The zero-order valence-corrected chi connectivity index (χ0v) is 14.8. The van der Waals surface area contributed by atoms with E-state index in [4.69, 9.17) is 23.2 Å². The van der Waals surface area contributed by atoms with Gasteiger partial charge < -0.3 is 0 Å². The van der Waals surface area contributed by atoms with E-state index in [2.05, 4.69) is 5.10 Å². The maximum atomic E-state index is 12.9. The molecule has 0 radical (unpaired) electrons. The largest absolute Gasteiger partial charge is 0.288 e. The molecule has 3 rings (SSSR count). The highest BCUT2D eigenvalue weighted by atomic mass is 35.5. The third-order valence-corrected chi connectivity index (χ3v) is 4.26. The minimum Gasteiger partial charge on any atom is -0.288 e. The summed E-state index contributed by atoms with van der Waals surface area (Å²) in [6.07, 6.45) is 1.63. The van der Waals surface area contributed by atoms with Crippen LogP contribution in [0.5, 0.6) is 0 Å². The first-order valence-electron chi connectivity index (χ1n) is 7.61. The smallest absolute Gasteiger partial charge is 0.196 e. The summed E-state index contributed by atoms with van der Waals surface area (Å²) in [7, 11) is 0. The molecular formula is C19H16Cl2N2O. The Labute approximate surface area is 150 Å². The van der Waals surface area contributed by atoms with Crippen LogP contribution in [-0.2, 0) is 0 Å². The van der Waals surface area contributed by atoms with Crippen molar-refractivity contribution < 1.29 is 4.79 Å². The molecule has 2 aromatic carbocycles. The average Bonchev–Trinajstić information content (AvgIpc) is 3.01. The molecule has 0 saturated heterocycles. The number of ketones is 1. The van der Waals surface area contributed by atoms with Gasteiger partial charge in [-0.15, -0.1) is 0 Å². The van der Waals surface area contributed by atoms with Crippen LogP contribution in [0.3, 0.4) is 0 Å². The van der Waals surface area contributed by atoms with Gasteiger partial charge in [-0.05, 0) is 50.2 Å². The first kappa shape index (κ1) is 16.7. The molecule has 1 aromatic heterocycles. The number of hydrogen-bond donors (Lipinski definition) is 0. The van der Waals surface area contributed by atoms with E-state index in [-0.39, 0.29) is 11.8 Å². The molecule has 0 N–H and O–H groups in total. The molecule has 3 nitrogen and oxygen atoms in total. The molecule has 0 saturated carbocycles. The van der Waals surface area contributed by atoms with Crippen LogP contribution in [0.4, 0.5) is 0 Å². The van der Waals surface area contributed by atoms with Crippen LogP contribution >= 0.6 is 23.2 Å². The molecule has 0 aliphatic carbocycles. The topological polar surface area (TPSA) is 34.9 Å². The number of carbonyl (C=O) groups excluding carboxylic acids is 1. The van der Waals surface area contributed by atoms with E-state index in [1.807, 2.05) is 42.8 Å². The normalized spacial score (nSPS) is 11.0. The van der Waals surface area contributed by atoms with Crippen molar-refractivity contribution in [3.05, 3.63) is 75.9 Å². The van der Waals surface area contributed by atoms with Crippen molar-refractivity contribution in [3.63, 3.8) is 0 Å². The Bertz CT molecular complexity index is 865. The summed E-state index contributed by atoms with van der Waals surface area (Å²) in [6, 6.07) is 14.4. The number of hydrogen-bond acceptors (Lipinski definition) is 2. The van der Waals surface area contributed by atoms with Gasteiger partial charge in [0, 0.05) is 27.2 Å². The van der Waals surface area contributed by atoms with Crippen LogP contribution in [0.15, 0.2) is 54.7 Å². The Morgan fingerprint density at radius 1 is 0.958 bits per heavy atom. The van der Waals surface area contributed by atoms with Crippen molar-refractivity contribution in [3.8, 4) is 11.3 Å². The van der Waals surface area contributed by atoms with E-state index in [1.165, 1.54) is 0 Å². The molecule has 1 heterocycles. The second-order valence-electron chi connectivity index (χ2n) is 5.79. The molecular weight excluding hydrogens is 343 g/mol. The Hall–Kier alpha value is -2.10. The van der Waals surface area contributed by atoms with Gasteiger partial charge in [0.1, 0.15) is 0 Å². The summed E-state index contributed by atoms with van der Waals surface area (Å²) in [5.41, 5.74) is 2.84. The lowest BCUT2D eigenvalue weighted by atomic mass is 10.00. The van der Waals surface area contributed by atoms with Crippen molar-refractivity contribution in [2.45, 2.75) is 19.9 Å². The van der Waals surface area contributed by atoms with Gasteiger partial charge in [-0.1, -0.05) is 35.3 Å². The summed E-state index contributed by atoms with van der Waals surface area (Å²) in [5.74, 6) is -0.0801. The molecule has 0 amide bonds. The van der Waals surface area contributed by atoms with Gasteiger partial charge in [0.15, 0.2) is 5.78 Å². The van der Waals surface area contributed by atoms with Crippen LogP contribution in [-0.4, -0.2) is 15.6 Å². The zero-order valence-electron chi connectivity index (χ0n) is 13.3. The molecule has 3 aromatic rings. The summed E-state index contributed by atoms with van der Waals surface area (Å²) in [5, 5.41) is 5.67. The number of carbonyl (C=O) groups is 1. The van der Waals surface area contributed by atoms with E-state index in [9.17, 15) is 4.79 Å². The Balaban J connectivity index is 2.13. The van der Waals surface area contributed by atoms with Crippen molar-refractivity contribution >= 4 is 29.0 Å². The highest BCUT2D eigenvalue weighted by Gasteiger charge is 2.21. The van der Waals surface area contributed by atoms with Crippen LogP contribution in [0.25, 0.3) is 11.3 Å². The third kappa shape index (κ3) is 3.23. The van der Waals surface area contributed by atoms with Gasteiger partial charge in [0.05, 0.1) is 17.5 Å². The van der Waals surface area contributed by atoms with Gasteiger partial charge >= 0.3 is 0 Å². The van der Waals surface area contributed by atoms with E-state index < -0.39 is 0 Å². The van der Waals surface area contributed by atoms with E-state index in [0.29, 0.717) is 21.2 Å². The second-order valence-corrected chi connectivity index (χ2v) is 6.66. The molecule has 24 heavy (non-hydrogen) atoms. The van der Waals surface area contributed by atoms with E-state index >= 15 is 0 Å². The Morgan fingerprint density at radius 3 is 2.04 bits per heavy atom. The van der Waals surface area contributed by atoms with Crippen molar-refractivity contribution in [2.75, 3.05) is 0 Å². The molecule has 0 bridgehead atoms. The molecule has 0 atom stereocenters. The number of nitrogens with zero attached hydrogens (tertiary/aromatic N) is 2. The highest BCUT2D eigenvalue weighted by molar-refractivity contribution is 6.31. The summed E-state index contributed by atoms with van der Waals surface area (Å²) in [4.78, 5) is 12.9. The van der Waals surface area contributed by atoms with Gasteiger partial charge in [-0.25, -0.2) is 0 Å². The molecule has 0 unspecified atom stereocenters. The number of rotatable bonds is 4. The van der Waals surface area contributed by atoms with Crippen LogP contribution in [0.1, 0.15) is 35.8 Å². The second kappa shape index (κ2) is 6.80. The number of halogens is 2. The number of benzene rings is 2. The molecule has 122 valence electrons. The van der Waals surface area contributed by atoms with Gasteiger partial charge in [0.25, 0.3) is 0 Å². The van der Waals surface area contributed by atoms with Gasteiger partial charge in [-0.2, -0.15) is 5.10 Å². The van der Waals surface area contributed by atoms with Gasteiger partial charge in [0.2, 0.25) is 0 Å². The molecule has 0 aliphatic rings. The minimum absolute atomic E-state index is 0.0801. The third-order valence-electron chi connectivity index (χ3n) is 3.75. The minimum atomic E-state index is -0.0801. The van der Waals surface area contributed by atoms with Crippen molar-refractivity contribution in [1.82, 2.24) is 9.78 Å². The molecule has 5 heteroatoms. The summed E-state index contributed by atoms with van der Waals surface area (Å²) >= 11 is 11.9. The first-order valence-corrected chi connectivity index (χ1v) is 8.36. The number of aromatic nitrogens is 2. The Kier molecular flexibility index (Phi) is 4.74. The lowest BCUT2D eigenvalue weighted by Crippen LogP contribution is -2.08. The van der Waals surface area contributed by atoms with Crippen LogP contribution in [0.2, 0.25) is 10.0 Å². The van der Waals surface area contributed by atoms with Gasteiger partial charge in [-0.3, -0.25) is 9.48 Å². The first-order chi connectivity index (χ1) is 11.5. The van der Waals surface area contributed by atoms with E-state index in [1.54, 1.807) is 30.5 Å². The highest BCUT2D eigenvalue weighted by Crippen LogP contribution is 2.29. The fourth-order valence-electron chi connectivity index (χ4n) is 2.57. The quantitative estimate of drug-likeness (QED) is 0.563. The maximum Gasteiger partial charge on any atom is 0.196 e. The van der Waals surface area contributed by atoms with Crippen LogP contribution in [0, 0.1) is 0 Å². The lowest BCUT2D eigenvalue weighted by Gasteiger charge is -2.13. The summed E-state index contributed by atoms with van der Waals surface area (Å²) < 4.78 is 1.85. The predicted octanol–water partition coefficient (Wildman–Crippen LogP) is 5.67. The van der Waals surface area contributed by atoms with Crippen LogP contribution < -0.4 is 0 Å². The fraction of sp³-hybridized carbons (Fsp3) is 0.158. The Morgan fingerprint density at radius 2 is 1.50 bits per heavy atom. The summed E-state index contributed by atoms with van der Waals surface area (Å²) in [6.45, 7) is 4.06. The molecule has 0 fully saturated rings. The average molecular weight is 359 g/mol. The van der Waals surface area contributed by atoms with E-state index in [0.717, 1.165) is 11.3 Å². The SMILES string of the molecule is CC(C)n1ncc(C(=O)c2ccc(Cl)cc2)c1-c1ccc(Cl)cc1. The molecule has 0 aliphatic heterocycles. The predicted molar refractivity (Wildman–Crippen MR) is 97.9 cm³/mol. The standard InChI is InChI=1S/C19H16Cl2N2O/c1-12(2)23-18(13-3-7-15(20)8-4-13)17(11-22-23)19(24)14-5-9-16(21)10-6-14/h3-12H,1-2H3. The fourth-order valence-corrected chi connectivity index (χ4v) is 2.82. The monoisotopic (exact) mass is 358 g/mol. The maximum absolute atomic E-state index is 12.9. The van der Waals surface area contributed by atoms with Crippen molar-refractivity contribution in [1.29, 1.82) is 0 Å².